The summed E-state index contributed by atoms with van der Waals surface area (Å²) >= 11 is 0. The summed E-state index contributed by atoms with van der Waals surface area (Å²) in [5, 5.41) is 3.25. The van der Waals surface area contributed by atoms with Crippen LogP contribution in [-0.2, 0) is 12.7 Å². The van der Waals surface area contributed by atoms with E-state index in [1.807, 2.05) is 6.92 Å². The summed E-state index contributed by atoms with van der Waals surface area (Å²) in [6, 6.07) is 0. The Hall–Kier alpha value is -1.07. The molecule has 0 radical (unpaired) electrons. The highest BCUT2D eigenvalue weighted by Crippen LogP contribution is 2.25. The lowest BCUT2D eigenvalue weighted by Gasteiger charge is -1.98. The van der Waals surface area contributed by atoms with Crippen molar-refractivity contribution in [2.45, 2.75) is 26.1 Å². The molecule has 0 fully saturated rings. The Kier molecular flexibility index (Phi) is 2.35. The Bertz CT molecular complexity index is 253. The second-order valence-electron chi connectivity index (χ2n) is 2.33. The predicted octanol–water partition coefficient (Wildman–Crippen LogP) is 1.71. The molecule has 0 aromatic carbocycles. The van der Waals surface area contributed by atoms with Crippen molar-refractivity contribution in [3.8, 4) is 0 Å². The van der Waals surface area contributed by atoms with Gasteiger partial charge in [0.2, 0.25) is 0 Å². The normalized spacial score (nSPS) is 12.0. The molecular weight excluding hydrogens is 171 g/mol. The Labute approximate surface area is 67.2 Å². The Morgan fingerprint density at radius 2 is 2.17 bits per heavy atom. The first-order chi connectivity index (χ1) is 5.54. The lowest BCUT2D eigenvalue weighted by Crippen LogP contribution is -2.09. The number of aryl methyl sites for hydroxylation is 1. The van der Waals surface area contributed by atoms with E-state index in [-0.39, 0.29) is 0 Å². The fourth-order valence-corrected chi connectivity index (χ4v) is 0.761. The molecule has 0 atom stereocenters. The molecule has 0 spiro atoms. The van der Waals surface area contributed by atoms with Gasteiger partial charge in [0.1, 0.15) is 6.33 Å². The minimum absolute atomic E-state index is 0.461. The maximum atomic E-state index is 11.9. The molecule has 0 saturated heterocycles. The van der Waals surface area contributed by atoms with Crippen LogP contribution in [0, 0.1) is 0 Å². The molecular formula is C6H8F3N3. The molecule has 3 nitrogen and oxygen atoms in total. The van der Waals surface area contributed by atoms with Crippen molar-refractivity contribution in [2.24, 2.45) is 0 Å². The summed E-state index contributed by atoms with van der Waals surface area (Å²) in [6.45, 7) is 2.32. The maximum Gasteiger partial charge on any atom is 0.453 e. The van der Waals surface area contributed by atoms with E-state index in [1.165, 1.54) is 4.68 Å². The summed E-state index contributed by atoms with van der Waals surface area (Å²) in [5.74, 6) is -1.07. The first-order valence-electron chi connectivity index (χ1n) is 3.50. The molecule has 1 rings (SSSR count). The lowest BCUT2D eigenvalue weighted by molar-refractivity contribution is -0.145. The van der Waals surface area contributed by atoms with Crippen LogP contribution in [0.2, 0.25) is 0 Å². The van der Waals surface area contributed by atoms with Gasteiger partial charge in [-0.05, 0) is 6.42 Å². The number of hydrogen-bond acceptors (Lipinski definition) is 2. The molecule has 0 aliphatic rings. The highest BCUT2D eigenvalue weighted by molar-refractivity contribution is 4.87. The molecule has 6 heteroatoms. The van der Waals surface area contributed by atoms with Gasteiger partial charge in [-0.15, -0.1) is 5.10 Å². The number of aromatic nitrogens is 3. The zero-order valence-electron chi connectivity index (χ0n) is 6.47. The average molecular weight is 179 g/mol. The average Bonchev–Trinajstić information content (AvgIpc) is 2.35. The van der Waals surface area contributed by atoms with E-state index in [1.54, 1.807) is 0 Å². The van der Waals surface area contributed by atoms with Crippen LogP contribution in [0.5, 0.6) is 0 Å². The molecule has 0 aliphatic carbocycles. The maximum absolute atomic E-state index is 11.9. The molecule has 0 saturated carbocycles. The number of halogens is 3. The number of alkyl halides is 3. The highest BCUT2D eigenvalue weighted by atomic mass is 19.4. The number of hydrogen-bond donors (Lipinski definition) is 0. The van der Waals surface area contributed by atoms with Crippen LogP contribution in [0.1, 0.15) is 19.2 Å². The van der Waals surface area contributed by atoms with E-state index in [9.17, 15) is 13.2 Å². The third-order valence-electron chi connectivity index (χ3n) is 1.24. The van der Waals surface area contributed by atoms with E-state index in [4.69, 9.17) is 0 Å². The molecule has 0 aliphatic heterocycles. The van der Waals surface area contributed by atoms with Crippen LogP contribution in [-0.4, -0.2) is 14.8 Å². The van der Waals surface area contributed by atoms with Gasteiger partial charge in [-0.1, -0.05) is 6.92 Å². The smallest absolute Gasteiger partial charge is 0.252 e. The molecule has 0 amide bonds. The van der Waals surface area contributed by atoms with Crippen LogP contribution in [0.3, 0.4) is 0 Å². The largest absolute Gasteiger partial charge is 0.453 e. The molecule has 0 N–H and O–H groups in total. The molecule has 1 heterocycles. The van der Waals surface area contributed by atoms with Gasteiger partial charge in [0.25, 0.3) is 5.82 Å². The second-order valence-corrected chi connectivity index (χ2v) is 2.33. The molecule has 1 aromatic heterocycles. The Balaban J connectivity index is 2.77. The standard InChI is InChI=1S/C6H8F3N3/c1-2-3-12-4-10-5(11-12)6(7,8)9/h4H,2-3H2,1H3. The topological polar surface area (TPSA) is 30.7 Å². The zero-order valence-corrected chi connectivity index (χ0v) is 6.47. The molecule has 1 aromatic rings. The van der Waals surface area contributed by atoms with Crippen LogP contribution < -0.4 is 0 Å². The van der Waals surface area contributed by atoms with E-state index in [2.05, 4.69) is 10.1 Å². The van der Waals surface area contributed by atoms with E-state index < -0.39 is 12.0 Å². The van der Waals surface area contributed by atoms with Crippen molar-refractivity contribution in [3.05, 3.63) is 12.2 Å². The molecule has 68 valence electrons. The summed E-state index contributed by atoms with van der Waals surface area (Å²) < 4.78 is 36.9. The van der Waals surface area contributed by atoms with Crippen molar-refractivity contribution >= 4 is 0 Å². The van der Waals surface area contributed by atoms with E-state index >= 15 is 0 Å². The van der Waals surface area contributed by atoms with Crippen molar-refractivity contribution in [1.82, 2.24) is 14.8 Å². The minimum atomic E-state index is -4.43. The summed E-state index contributed by atoms with van der Waals surface area (Å²) in [5.41, 5.74) is 0. The van der Waals surface area contributed by atoms with Gasteiger partial charge in [-0.2, -0.15) is 13.2 Å². The monoisotopic (exact) mass is 179 g/mol. The van der Waals surface area contributed by atoms with Crippen molar-refractivity contribution in [3.63, 3.8) is 0 Å². The third kappa shape index (κ3) is 1.96. The first-order valence-corrected chi connectivity index (χ1v) is 3.50. The van der Waals surface area contributed by atoms with Crippen LogP contribution in [0.4, 0.5) is 13.2 Å². The third-order valence-corrected chi connectivity index (χ3v) is 1.24. The van der Waals surface area contributed by atoms with Gasteiger partial charge >= 0.3 is 6.18 Å². The highest BCUT2D eigenvalue weighted by Gasteiger charge is 2.35. The second kappa shape index (κ2) is 3.12. The van der Waals surface area contributed by atoms with E-state index in [0.717, 1.165) is 12.7 Å². The molecule has 12 heavy (non-hydrogen) atoms. The summed E-state index contributed by atoms with van der Waals surface area (Å²) in [6.07, 6.45) is -2.61. The van der Waals surface area contributed by atoms with E-state index in [0.29, 0.717) is 6.54 Å². The van der Waals surface area contributed by atoms with Gasteiger partial charge in [-0.3, -0.25) is 4.68 Å². The van der Waals surface area contributed by atoms with Gasteiger partial charge in [-0.25, -0.2) is 4.98 Å². The Morgan fingerprint density at radius 3 is 2.58 bits per heavy atom. The van der Waals surface area contributed by atoms with Crippen LogP contribution in [0.25, 0.3) is 0 Å². The van der Waals surface area contributed by atoms with Gasteiger partial charge < -0.3 is 0 Å². The summed E-state index contributed by atoms with van der Waals surface area (Å²) in [7, 11) is 0. The van der Waals surface area contributed by atoms with Crippen molar-refractivity contribution in [2.75, 3.05) is 0 Å². The number of nitrogens with zero attached hydrogens (tertiary/aromatic N) is 3. The lowest BCUT2D eigenvalue weighted by atomic mass is 10.5. The fourth-order valence-electron chi connectivity index (χ4n) is 0.761. The summed E-state index contributed by atoms with van der Waals surface area (Å²) in [4.78, 5) is 3.13. The SMILES string of the molecule is CCCn1cnc(C(F)(F)F)n1. The van der Waals surface area contributed by atoms with Gasteiger partial charge in [0.15, 0.2) is 0 Å². The van der Waals surface area contributed by atoms with Crippen LogP contribution >= 0.6 is 0 Å². The van der Waals surface area contributed by atoms with Crippen molar-refractivity contribution < 1.29 is 13.2 Å². The Morgan fingerprint density at radius 1 is 1.50 bits per heavy atom. The zero-order chi connectivity index (χ0) is 9.19. The fraction of sp³-hybridized carbons (Fsp3) is 0.667. The van der Waals surface area contributed by atoms with Gasteiger partial charge in [0.05, 0.1) is 0 Å². The van der Waals surface area contributed by atoms with Gasteiger partial charge in [0, 0.05) is 6.54 Å². The molecule has 0 bridgehead atoms. The predicted molar refractivity (Wildman–Crippen MR) is 35.3 cm³/mol. The number of rotatable bonds is 2. The molecule has 0 unspecified atom stereocenters. The first kappa shape index (κ1) is 9.02. The van der Waals surface area contributed by atoms with Crippen LogP contribution in [0.15, 0.2) is 6.33 Å². The quantitative estimate of drug-likeness (QED) is 0.691. The minimum Gasteiger partial charge on any atom is -0.252 e. The van der Waals surface area contributed by atoms with Crippen molar-refractivity contribution in [1.29, 1.82) is 0 Å².